The van der Waals surface area contributed by atoms with Crippen LogP contribution in [0.3, 0.4) is 0 Å². The molecule has 0 aliphatic heterocycles. The van der Waals surface area contributed by atoms with Gasteiger partial charge in [-0.05, 0) is 68.7 Å². The summed E-state index contributed by atoms with van der Waals surface area (Å²) in [7, 11) is 0. The van der Waals surface area contributed by atoms with Crippen LogP contribution in [0.5, 0.6) is 0 Å². The predicted molar refractivity (Wildman–Crippen MR) is 105 cm³/mol. The van der Waals surface area contributed by atoms with Gasteiger partial charge in [0.1, 0.15) is 0 Å². The van der Waals surface area contributed by atoms with Crippen LogP contribution in [0.25, 0.3) is 32.3 Å². The molecule has 0 unspecified atom stereocenters. The molecule has 3 amide bonds. The summed E-state index contributed by atoms with van der Waals surface area (Å²) in [5.74, 6) is -1.61. The van der Waals surface area contributed by atoms with E-state index in [0.29, 0.717) is 16.7 Å². The Kier molecular flexibility index (Phi) is 3.56. The molecule has 6 heteroatoms. The van der Waals surface area contributed by atoms with Crippen molar-refractivity contribution in [1.82, 2.24) is 0 Å². The minimum Gasteiger partial charge on any atom is -0.366 e. The second kappa shape index (κ2) is 5.81. The maximum atomic E-state index is 11.6. The summed E-state index contributed by atoms with van der Waals surface area (Å²) in [4.78, 5) is 34.9. The Morgan fingerprint density at radius 2 is 0.704 bits per heavy atom. The van der Waals surface area contributed by atoms with Crippen LogP contribution in [-0.4, -0.2) is 17.7 Å². The smallest absolute Gasteiger partial charge is 0.248 e. The Labute approximate surface area is 153 Å². The molecule has 6 nitrogen and oxygen atoms in total. The van der Waals surface area contributed by atoms with Crippen molar-refractivity contribution >= 4 is 50.0 Å². The lowest BCUT2D eigenvalue weighted by Crippen LogP contribution is -2.11. The zero-order chi connectivity index (χ0) is 19.3. The van der Waals surface area contributed by atoms with Crippen molar-refractivity contribution in [1.29, 1.82) is 0 Å². The number of fused-ring (bicyclic) bond motifs is 6. The average molecular weight is 357 g/mol. The molecule has 0 fully saturated rings. The first-order chi connectivity index (χ1) is 12.9. The molecule has 4 aromatic rings. The first kappa shape index (κ1) is 16.5. The first-order valence-corrected chi connectivity index (χ1v) is 8.19. The van der Waals surface area contributed by atoms with Gasteiger partial charge >= 0.3 is 0 Å². The van der Waals surface area contributed by atoms with Crippen molar-refractivity contribution in [2.45, 2.75) is 0 Å². The summed E-state index contributed by atoms with van der Waals surface area (Å²) in [6, 6.07) is 15.4. The van der Waals surface area contributed by atoms with Crippen LogP contribution in [-0.2, 0) is 0 Å². The quantitative estimate of drug-likeness (QED) is 0.487. The Balaban J connectivity index is 2.25. The van der Waals surface area contributed by atoms with Gasteiger partial charge in [0.2, 0.25) is 17.7 Å². The Bertz CT molecular complexity index is 1120. The summed E-state index contributed by atoms with van der Waals surface area (Å²) in [6.45, 7) is 0. The molecule has 0 spiro atoms. The van der Waals surface area contributed by atoms with Crippen molar-refractivity contribution in [3.05, 3.63) is 71.3 Å². The molecule has 0 heterocycles. The standard InChI is InChI=1S/C21H15N3O3/c22-19(25)10-1-4-13-16(7-10)14-5-2-12(21(24)27)9-18(14)15-6-3-11(20(23)26)8-17(13)15/h1-9H,(H2,22,25)(H2,23,26)(H2,24,27). The maximum absolute atomic E-state index is 11.6. The Morgan fingerprint density at radius 3 is 0.926 bits per heavy atom. The highest BCUT2D eigenvalue weighted by molar-refractivity contribution is 6.27. The highest BCUT2D eigenvalue weighted by Crippen LogP contribution is 2.36. The molecule has 0 radical (unpaired) electrons. The number of benzene rings is 4. The molecule has 0 aromatic heterocycles. The lowest BCUT2D eigenvalue weighted by atomic mass is 9.91. The summed E-state index contributed by atoms with van der Waals surface area (Å²) in [5, 5.41) is 4.89. The average Bonchev–Trinajstić information content (AvgIpc) is 2.66. The van der Waals surface area contributed by atoms with Gasteiger partial charge < -0.3 is 17.2 Å². The van der Waals surface area contributed by atoms with E-state index in [4.69, 9.17) is 17.2 Å². The van der Waals surface area contributed by atoms with E-state index in [-0.39, 0.29) is 0 Å². The van der Waals surface area contributed by atoms with Crippen molar-refractivity contribution in [2.75, 3.05) is 0 Å². The van der Waals surface area contributed by atoms with E-state index in [9.17, 15) is 14.4 Å². The molecule has 132 valence electrons. The van der Waals surface area contributed by atoms with Crippen molar-refractivity contribution < 1.29 is 14.4 Å². The number of carbonyl (C=O) groups is 3. The fourth-order valence-electron chi connectivity index (χ4n) is 3.47. The van der Waals surface area contributed by atoms with E-state index in [1.54, 1.807) is 54.6 Å². The van der Waals surface area contributed by atoms with Gasteiger partial charge in [0.05, 0.1) is 0 Å². The number of hydrogen-bond acceptors (Lipinski definition) is 3. The SMILES string of the molecule is NC(=O)c1ccc2c(c1)c1ccc(C(N)=O)cc1c1ccc(C(N)=O)cc21. The van der Waals surface area contributed by atoms with Crippen LogP contribution in [0.1, 0.15) is 31.1 Å². The van der Waals surface area contributed by atoms with Gasteiger partial charge in [-0.1, -0.05) is 18.2 Å². The van der Waals surface area contributed by atoms with Crippen LogP contribution in [0.15, 0.2) is 54.6 Å². The third-order valence-corrected chi connectivity index (χ3v) is 4.78. The minimum atomic E-state index is -0.537. The van der Waals surface area contributed by atoms with E-state index in [1.807, 2.05) is 0 Å². The summed E-state index contributed by atoms with van der Waals surface area (Å²) < 4.78 is 0. The minimum absolute atomic E-state index is 0.369. The number of hydrogen-bond donors (Lipinski definition) is 3. The van der Waals surface area contributed by atoms with Gasteiger partial charge in [0.25, 0.3) is 0 Å². The normalized spacial score (nSPS) is 11.1. The molecule has 0 atom stereocenters. The zero-order valence-corrected chi connectivity index (χ0v) is 14.2. The van der Waals surface area contributed by atoms with Crippen LogP contribution in [0, 0.1) is 0 Å². The van der Waals surface area contributed by atoms with Gasteiger partial charge in [0.15, 0.2) is 0 Å². The summed E-state index contributed by atoms with van der Waals surface area (Å²) in [5.41, 5.74) is 17.4. The Hall–Kier alpha value is -3.93. The van der Waals surface area contributed by atoms with Crippen molar-refractivity contribution in [3.8, 4) is 0 Å². The largest absolute Gasteiger partial charge is 0.366 e. The molecule has 4 aromatic carbocycles. The van der Waals surface area contributed by atoms with Gasteiger partial charge in [-0.25, -0.2) is 0 Å². The van der Waals surface area contributed by atoms with Crippen LogP contribution in [0.4, 0.5) is 0 Å². The highest BCUT2D eigenvalue weighted by atomic mass is 16.1. The number of primary amides is 3. The monoisotopic (exact) mass is 357 g/mol. The maximum Gasteiger partial charge on any atom is 0.248 e. The molecular formula is C21H15N3O3. The molecule has 4 rings (SSSR count). The van der Waals surface area contributed by atoms with Crippen LogP contribution < -0.4 is 17.2 Å². The number of amides is 3. The van der Waals surface area contributed by atoms with E-state index < -0.39 is 17.7 Å². The molecule has 0 aliphatic carbocycles. The molecule has 6 N–H and O–H groups in total. The molecule has 0 bridgehead atoms. The summed E-state index contributed by atoms with van der Waals surface area (Å²) >= 11 is 0. The third-order valence-electron chi connectivity index (χ3n) is 4.78. The van der Waals surface area contributed by atoms with Crippen LogP contribution in [0.2, 0.25) is 0 Å². The van der Waals surface area contributed by atoms with E-state index in [2.05, 4.69) is 0 Å². The second-order valence-electron chi connectivity index (χ2n) is 6.37. The fraction of sp³-hybridized carbons (Fsp3) is 0. The molecule has 0 aliphatic rings. The van der Waals surface area contributed by atoms with Crippen molar-refractivity contribution in [3.63, 3.8) is 0 Å². The number of nitrogens with two attached hydrogens (primary N) is 3. The third kappa shape index (κ3) is 2.55. The van der Waals surface area contributed by atoms with Gasteiger partial charge in [-0.3, -0.25) is 14.4 Å². The van der Waals surface area contributed by atoms with Gasteiger partial charge in [-0.15, -0.1) is 0 Å². The lowest BCUT2D eigenvalue weighted by molar-refractivity contribution is 0.0992. The zero-order valence-electron chi connectivity index (χ0n) is 14.2. The first-order valence-electron chi connectivity index (χ1n) is 8.19. The van der Waals surface area contributed by atoms with Crippen LogP contribution >= 0.6 is 0 Å². The molecule has 0 saturated carbocycles. The van der Waals surface area contributed by atoms with E-state index >= 15 is 0 Å². The molecule has 0 saturated heterocycles. The predicted octanol–water partition coefficient (Wildman–Crippen LogP) is 2.44. The van der Waals surface area contributed by atoms with E-state index in [0.717, 1.165) is 32.3 Å². The number of rotatable bonds is 3. The van der Waals surface area contributed by atoms with Gasteiger partial charge in [-0.2, -0.15) is 0 Å². The second-order valence-corrected chi connectivity index (χ2v) is 6.37. The lowest BCUT2D eigenvalue weighted by Gasteiger charge is -2.13. The molecular weight excluding hydrogens is 342 g/mol. The summed E-state index contributed by atoms with van der Waals surface area (Å²) in [6.07, 6.45) is 0. The topological polar surface area (TPSA) is 129 Å². The van der Waals surface area contributed by atoms with Crippen molar-refractivity contribution in [2.24, 2.45) is 17.2 Å². The highest BCUT2D eigenvalue weighted by Gasteiger charge is 2.14. The molecule has 27 heavy (non-hydrogen) atoms. The number of carbonyl (C=O) groups excluding carboxylic acids is 3. The Morgan fingerprint density at radius 1 is 0.444 bits per heavy atom. The fourth-order valence-corrected chi connectivity index (χ4v) is 3.47. The van der Waals surface area contributed by atoms with E-state index in [1.165, 1.54) is 0 Å². The van der Waals surface area contributed by atoms with Gasteiger partial charge in [0, 0.05) is 16.7 Å².